The van der Waals surface area contributed by atoms with Gasteiger partial charge in [0.2, 0.25) is 5.91 Å². The Morgan fingerprint density at radius 2 is 1.86 bits per heavy atom. The van der Waals surface area contributed by atoms with E-state index in [0.717, 1.165) is 24.0 Å². The average molecular weight is 482 g/mol. The van der Waals surface area contributed by atoms with Crippen LogP contribution in [0.3, 0.4) is 0 Å². The van der Waals surface area contributed by atoms with Crippen LogP contribution in [0.25, 0.3) is 0 Å². The molecule has 1 heterocycles. The maximum Gasteiger partial charge on any atom is 0.408 e. The van der Waals surface area contributed by atoms with Crippen LogP contribution in [0, 0.1) is 5.92 Å². The number of amides is 3. The molecule has 1 aliphatic rings. The van der Waals surface area contributed by atoms with Crippen LogP contribution in [0.4, 0.5) is 10.5 Å². The van der Waals surface area contributed by atoms with Crippen LogP contribution < -0.4 is 20.3 Å². The Hall–Kier alpha value is -3.55. The average Bonchev–Trinajstić information content (AvgIpc) is 3.25. The van der Waals surface area contributed by atoms with Crippen LogP contribution in [0.2, 0.25) is 0 Å². The summed E-state index contributed by atoms with van der Waals surface area (Å²) in [6, 6.07) is 13.2. The lowest BCUT2D eigenvalue weighted by atomic mass is 10.0. The molecule has 0 bridgehead atoms. The van der Waals surface area contributed by atoms with Gasteiger partial charge in [-0.3, -0.25) is 14.5 Å². The molecule has 3 amide bonds. The number of anilines is 1. The Balaban J connectivity index is 1.80. The number of alkyl carbamates (subject to hydrolysis) is 1. The minimum atomic E-state index is -0.864. The minimum Gasteiger partial charge on any atom is -0.497 e. The molecule has 0 saturated carbocycles. The summed E-state index contributed by atoms with van der Waals surface area (Å²) in [5.74, 6) is -0.128. The van der Waals surface area contributed by atoms with Gasteiger partial charge in [0.05, 0.1) is 7.11 Å². The number of unbranched alkanes of at least 4 members (excludes halogenated alkanes) is 1. The van der Waals surface area contributed by atoms with Crippen LogP contribution in [0.5, 0.6) is 5.75 Å². The monoisotopic (exact) mass is 481 g/mol. The predicted molar refractivity (Wildman–Crippen MR) is 134 cm³/mol. The zero-order valence-electron chi connectivity index (χ0n) is 20.9. The van der Waals surface area contributed by atoms with E-state index >= 15 is 0 Å². The fraction of sp³-hybridized carbons (Fsp3) is 0.444. The zero-order chi connectivity index (χ0) is 25.4. The third-order valence-corrected chi connectivity index (χ3v) is 6.06. The summed E-state index contributed by atoms with van der Waals surface area (Å²) in [7, 11) is 1.58. The van der Waals surface area contributed by atoms with E-state index in [-0.39, 0.29) is 24.3 Å². The summed E-state index contributed by atoms with van der Waals surface area (Å²) < 4.78 is 10.7. The number of hydrogen-bond acceptors (Lipinski definition) is 5. The summed E-state index contributed by atoms with van der Waals surface area (Å²) in [6.07, 6.45) is 1.50. The number of methoxy groups -OCH3 is 1. The van der Waals surface area contributed by atoms with Crippen molar-refractivity contribution in [2.75, 3.05) is 18.6 Å². The quantitative estimate of drug-likeness (QED) is 0.503. The van der Waals surface area contributed by atoms with Crippen LogP contribution in [0.1, 0.15) is 44.7 Å². The number of ether oxygens (including phenoxy) is 2. The van der Waals surface area contributed by atoms with Crippen molar-refractivity contribution in [3.63, 3.8) is 0 Å². The molecule has 8 heteroatoms. The fourth-order valence-electron chi connectivity index (χ4n) is 4.10. The molecule has 0 saturated heterocycles. The topological polar surface area (TPSA) is 97.0 Å². The SMILES string of the molecule is CCCCNC(=O)C1Cc2cc(OC)ccc2N1C(=O)[C@@H](NC(=O)OCc1ccccc1)C(C)C. The Labute approximate surface area is 207 Å². The van der Waals surface area contributed by atoms with Crippen LogP contribution in [-0.2, 0) is 27.4 Å². The molecule has 8 nitrogen and oxygen atoms in total. The van der Waals surface area contributed by atoms with Crippen LogP contribution in [-0.4, -0.2) is 43.6 Å². The third-order valence-electron chi connectivity index (χ3n) is 6.06. The van der Waals surface area contributed by atoms with E-state index in [1.165, 1.54) is 4.90 Å². The van der Waals surface area contributed by atoms with Gasteiger partial charge >= 0.3 is 6.09 Å². The fourth-order valence-corrected chi connectivity index (χ4v) is 4.10. The second kappa shape index (κ2) is 12.2. The smallest absolute Gasteiger partial charge is 0.408 e. The van der Waals surface area contributed by atoms with E-state index in [1.54, 1.807) is 19.2 Å². The van der Waals surface area contributed by atoms with E-state index in [2.05, 4.69) is 17.6 Å². The minimum absolute atomic E-state index is 0.0977. The Morgan fingerprint density at radius 1 is 1.11 bits per heavy atom. The molecule has 0 aliphatic carbocycles. The highest BCUT2D eigenvalue weighted by molar-refractivity contribution is 6.06. The molecule has 1 unspecified atom stereocenters. The number of hydrogen-bond donors (Lipinski definition) is 2. The molecule has 35 heavy (non-hydrogen) atoms. The van der Waals surface area contributed by atoms with E-state index in [9.17, 15) is 14.4 Å². The van der Waals surface area contributed by atoms with Crippen molar-refractivity contribution in [1.29, 1.82) is 0 Å². The van der Waals surface area contributed by atoms with Gasteiger partial charge in [-0.1, -0.05) is 57.5 Å². The zero-order valence-corrected chi connectivity index (χ0v) is 20.9. The molecular formula is C27H35N3O5. The Bertz CT molecular complexity index is 1020. The van der Waals surface area contributed by atoms with Crippen molar-refractivity contribution in [1.82, 2.24) is 10.6 Å². The normalized spacial score (nSPS) is 15.3. The molecule has 2 atom stereocenters. The van der Waals surface area contributed by atoms with Crippen molar-refractivity contribution in [2.45, 2.75) is 58.7 Å². The number of carbonyl (C=O) groups excluding carboxylic acids is 3. The highest BCUT2D eigenvalue weighted by Crippen LogP contribution is 2.36. The maximum atomic E-state index is 13.8. The third kappa shape index (κ3) is 6.53. The number of nitrogens with zero attached hydrogens (tertiary/aromatic N) is 1. The van der Waals surface area contributed by atoms with Gasteiger partial charge in [-0.15, -0.1) is 0 Å². The summed E-state index contributed by atoms with van der Waals surface area (Å²) in [5.41, 5.74) is 2.35. The van der Waals surface area contributed by atoms with Crippen molar-refractivity contribution in [2.24, 2.45) is 5.92 Å². The molecule has 0 fully saturated rings. The van der Waals surface area contributed by atoms with Crippen molar-refractivity contribution in [3.05, 3.63) is 59.7 Å². The second-order valence-electron chi connectivity index (χ2n) is 9.00. The molecule has 3 rings (SSSR count). The van der Waals surface area contributed by atoms with Gasteiger partial charge in [0.15, 0.2) is 0 Å². The molecule has 2 N–H and O–H groups in total. The largest absolute Gasteiger partial charge is 0.497 e. The summed E-state index contributed by atoms with van der Waals surface area (Å²) in [6.45, 7) is 6.39. The van der Waals surface area contributed by atoms with Crippen molar-refractivity contribution in [3.8, 4) is 5.75 Å². The van der Waals surface area contributed by atoms with Gasteiger partial charge in [-0.2, -0.15) is 0 Å². The lowest BCUT2D eigenvalue weighted by Gasteiger charge is -2.31. The molecule has 2 aromatic rings. The Kier molecular flexibility index (Phi) is 9.11. The molecule has 0 spiro atoms. The number of benzene rings is 2. The number of fused-ring (bicyclic) bond motifs is 1. The van der Waals surface area contributed by atoms with E-state index in [4.69, 9.17) is 9.47 Å². The first kappa shape index (κ1) is 26.1. The van der Waals surface area contributed by atoms with Gasteiger partial charge in [-0.25, -0.2) is 4.79 Å². The lowest BCUT2D eigenvalue weighted by molar-refractivity contribution is -0.127. The highest BCUT2D eigenvalue weighted by atomic mass is 16.5. The van der Waals surface area contributed by atoms with Gasteiger partial charge in [0.25, 0.3) is 5.91 Å². The second-order valence-corrected chi connectivity index (χ2v) is 9.00. The highest BCUT2D eigenvalue weighted by Gasteiger charge is 2.42. The molecular weight excluding hydrogens is 446 g/mol. The number of rotatable bonds is 10. The van der Waals surface area contributed by atoms with Crippen LogP contribution in [0.15, 0.2) is 48.5 Å². The molecule has 1 aliphatic heterocycles. The first-order valence-electron chi connectivity index (χ1n) is 12.1. The van der Waals surface area contributed by atoms with E-state index in [0.29, 0.717) is 24.4 Å². The van der Waals surface area contributed by atoms with E-state index in [1.807, 2.05) is 50.2 Å². The molecule has 0 aromatic heterocycles. The number of carbonyl (C=O) groups is 3. The van der Waals surface area contributed by atoms with Crippen LogP contribution >= 0.6 is 0 Å². The standard InChI is InChI=1S/C27H35N3O5/c1-5-6-14-28-25(31)23-16-20-15-21(34-4)12-13-22(20)30(23)26(32)24(18(2)3)29-27(33)35-17-19-10-8-7-9-11-19/h7-13,15,18,23-24H,5-6,14,16-17H2,1-4H3,(H,28,31)(H,29,33)/t23?,24-/m0/s1. The van der Waals surface area contributed by atoms with Gasteiger partial charge < -0.3 is 20.1 Å². The lowest BCUT2D eigenvalue weighted by Crippen LogP contribution is -2.56. The summed E-state index contributed by atoms with van der Waals surface area (Å²) >= 11 is 0. The summed E-state index contributed by atoms with van der Waals surface area (Å²) in [5, 5.41) is 5.66. The van der Waals surface area contributed by atoms with Gasteiger partial charge in [0.1, 0.15) is 24.4 Å². The first-order chi connectivity index (χ1) is 16.8. The Morgan fingerprint density at radius 3 is 2.51 bits per heavy atom. The van der Waals surface area contributed by atoms with Gasteiger partial charge in [0, 0.05) is 18.7 Å². The predicted octanol–water partition coefficient (Wildman–Crippen LogP) is 3.82. The first-order valence-corrected chi connectivity index (χ1v) is 12.1. The van der Waals surface area contributed by atoms with Crippen molar-refractivity contribution < 1.29 is 23.9 Å². The van der Waals surface area contributed by atoms with Gasteiger partial charge in [-0.05, 0) is 41.7 Å². The number of nitrogens with one attached hydrogen (secondary N) is 2. The molecule has 0 radical (unpaired) electrons. The van der Waals surface area contributed by atoms with Crippen molar-refractivity contribution >= 4 is 23.6 Å². The van der Waals surface area contributed by atoms with E-state index < -0.39 is 18.2 Å². The summed E-state index contributed by atoms with van der Waals surface area (Å²) in [4.78, 5) is 41.0. The molecule has 2 aromatic carbocycles. The maximum absolute atomic E-state index is 13.8. The molecule has 188 valence electrons.